The molecular weight excluding hydrogens is 268 g/mol. The first kappa shape index (κ1) is 13.1. The van der Waals surface area contributed by atoms with Gasteiger partial charge in [0.2, 0.25) is 0 Å². The Balaban J connectivity index is 2.01. The molecule has 0 bridgehead atoms. The average Bonchev–Trinajstić information content (AvgIpc) is 3.01. The molecule has 0 fully saturated rings. The molecule has 1 atom stereocenters. The summed E-state index contributed by atoms with van der Waals surface area (Å²) in [5.41, 5.74) is 1.76. The van der Waals surface area contributed by atoms with E-state index < -0.39 is 5.69 Å². The van der Waals surface area contributed by atoms with E-state index in [-0.39, 0.29) is 11.5 Å². The quantitative estimate of drug-likeness (QED) is 0.670. The van der Waals surface area contributed by atoms with Crippen LogP contribution in [0.25, 0.3) is 0 Å². The summed E-state index contributed by atoms with van der Waals surface area (Å²) in [4.78, 5) is 27.7. The maximum Gasteiger partial charge on any atom is 0.325 e. The lowest BCUT2D eigenvalue weighted by Gasteiger charge is -2.15. The predicted octanol–water partition coefficient (Wildman–Crippen LogP) is 1.16. The Kier molecular flexibility index (Phi) is 3.51. The summed E-state index contributed by atoms with van der Waals surface area (Å²) in [6.45, 7) is 0. The molecule has 0 saturated carbocycles. The summed E-state index contributed by atoms with van der Waals surface area (Å²) >= 11 is 0. The zero-order valence-corrected chi connectivity index (χ0v) is 11.2. The Morgan fingerprint density at radius 1 is 1.05 bits per heavy atom. The Morgan fingerprint density at radius 2 is 1.86 bits per heavy atom. The third kappa shape index (κ3) is 2.84. The molecule has 1 unspecified atom stereocenters. The molecule has 0 saturated heterocycles. The average molecular weight is 282 g/mol. The van der Waals surface area contributed by atoms with Crippen molar-refractivity contribution in [2.75, 3.05) is 0 Å². The molecule has 0 aliphatic carbocycles. The SMILES string of the molecule is O=c1[nH]cc(CC(c2ccccc2)c2cn[nH]c2)c(=O)[nH]1. The number of hydrogen-bond acceptors (Lipinski definition) is 3. The molecule has 3 rings (SSSR count). The minimum absolute atomic E-state index is 0.00282. The summed E-state index contributed by atoms with van der Waals surface area (Å²) in [5, 5.41) is 6.77. The number of aromatic amines is 3. The lowest BCUT2D eigenvalue weighted by molar-refractivity contribution is 0.784. The maximum absolute atomic E-state index is 11.9. The molecule has 3 N–H and O–H groups in total. The molecule has 0 aliphatic heterocycles. The molecule has 106 valence electrons. The van der Waals surface area contributed by atoms with Crippen molar-refractivity contribution in [1.82, 2.24) is 20.2 Å². The minimum Gasteiger partial charge on any atom is -0.314 e. The summed E-state index contributed by atoms with van der Waals surface area (Å²) in [6, 6.07) is 9.89. The van der Waals surface area contributed by atoms with Crippen molar-refractivity contribution >= 4 is 0 Å². The van der Waals surface area contributed by atoms with E-state index in [0.29, 0.717) is 12.0 Å². The lowest BCUT2D eigenvalue weighted by atomic mass is 9.88. The molecule has 0 amide bonds. The van der Waals surface area contributed by atoms with Crippen LogP contribution in [0.15, 0.2) is 58.5 Å². The number of hydrogen-bond donors (Lipinski definition) is 3. The van der Waals surface area contributed by atoms with Crippen molar-refractivity contribution < 1.29 is 0 Å². The highest BCUT2D eigenvalue weighted by Crippen LogP contribution is 2.26. The smallest absolute Gasteiger partial charge is 0.314 e. The van der Waals surface area contributed by atoms with Crippen molar-refractivity contribution in [3.8, 4) is 0 Å². The lowest BCUT2D eigenvalue weighted by Crippen LogP contribution is -2.25. The molecule has 21 heavy (non-hydrogen) atoms. The molecule has 2 heterocycles. The second-order valence-electron chi connectivity index (χ2n) is 4.80. The third-order valence-electron chi connectivity index (χ3n) is 3.44. The predicted molar refractivity (Wildman–Crippen MR) is 78.3 cm³/mol. The molecule has 1 aromatic carbocycles. The first-order chi connectivity index (χ1) is 10.2. The van der Waals surface area contributed by atoms with Gasteiger partial charge in [0.25, 0.3) is 5.56 Å². The van der Waals surface area contributed by atoms with Gasteiger partial charge in [-0.1, -0.05) is 30.3 Å². The van der Waals surface area contributed by atoms with Crippen molar-refractivity contribution in [2.45, 2.75) is 12.3 Å². The standard InChI is InChI=1S/C15H14N4O2/c20-14-11(7-16-15(21)19-14)6-13(12-8-17-18-9-12)10-4-2-1-3-5-10/h1-5,7-9,13H,6H2,(H,17,18)(H2,16,19,20,21). The van der Waals surface area contributed by atoms with E-state index in [2.05, 4.69) is 20.2 Å². The van der Waals surface area contributed by atoms with E-state index in [1.807, 2.05) is 36.5 Å². The fraction of sp³-hybridized carbons (Fsp3) is 0.133. The molecule has 0 aliphatic rings. The van der Waals surface area contributed by atoms with Gasteiger partial charge in [-0.2, -0.15) is 5.10 Å². The second kappa shape index (κ2) is 5.62. The number of nitrogens with zero attached hydrogens (tertiary/aromatic N) is 1. The van der Waals surface area contributed by atoms with Gasteiger partial charge in [-0.15, -0.1) is 0 Å². The second-order valence-corrected chi connectivity index (χ2v) is 4.80. The van der Waals surface area contributed by atoms with E-state index in [1.54, 1.807) is 6.20 Å². The number of benzene rings is 1. The van der Waals surface area contributed by atoms with Gasteiger partial charge in [0.1, 0.15) is 0 Å². The van der Waals surface area contributed by atoms with Gasteiger partial charge in [0, 0.05) is 23.9 Å². The summed E-state index contributed by atoms with van der Waals surface area (Å²) in [5.74, 6) is -0.00282. The first-order valence-corrected chi connectivity index (χ1v) is 6.58. The Labute approximate surface area is 119 Å². The van der Waals surface area contributed by atoms with Crippen molar-refractivity contribution in [3.05, 3.63) is 86.5 Å². The number of rotatable bonds is 4. The molecule has 0 spiro atoms. The summed E-state index contributed by atoms with van der Waals surface area (Å²) in [7, 11) is 0. The van der Waals surface area contributed by atoms with Crippen LogP contribution in [-0.2, 0) is 6.42 Å². The van der Waals surface area contributed by atoms with Crippen LogP contribution in [-0.4, -0.2) is 20.2 Å². The normalized spacial score (nSPS) is 12.2. The van der Waals surface area contributed by atoms with Gasteiger partial charge >= 0.3 is 5.69 Å². The van der Waals surface area contributed by atoms with Crippen LogP contribution in [0, 0.1) is 0 Å². The van der Waals surface area contributed by atoms with Gasteiger partial charge in [-0.05, 0) is 17.5 Å². The Hall–Kier alpha value is -2.89. The van der Waals surface area contributed by atoms with Crippen LogP contribution in [0.2, 0.25) is 0 Å². The van der Waals surface area contributed by atoms with Gasteiger partial charge in [0.05, 0.1) is 6.20 Å². The molecule has 2 aromatic heterocycles. The molecule has 3 aromatic rings. The molecule has 6 nitrogen and oxygen atoms in total. The molecule has 6 heteroatoms. The van der Waals surface area contributed by atoms with Gasteiger partial charge in [0.15, 0.2) is 0 Å². The fourth-order valence-corrected chi connectivity index (χ4v) is 2.37. The minimum atomic E-state index is -0.497. The van der Waals surface area contributed by atoms with E-state index in [1.165, 1.54) is 6.20 Å². The molecule has 0 radical (unpaired) electrons. The monoisotopic (exact) mass is 282 g/mol. The highest BCUT2D eigenvalue weighted by atomic mass is 16.2. The zero-order chi connectivity index (χ0) is 14.7. The Morgan fingerprint density at radius 3 is 2.52 bits per heavy atom. The number of H-pyrrole nitrogens is 3. The van der Waals surface area contributed by atoms with Gasteiger partial charge < -0.3 is 4.98 Å². The summed E-state index contributed by atoms with van der Waals surface area (Å²) in [6.07, 6.45) is 5.52. The first-order valence-electron chi connectivity index (χ1n) is 6.58. The highest BCUT2D eigenvalue weighted by molar-refractivity contribution is 5.31. The maximum atomic E-state index is 11.9. The van der Waals surface area contributed by atoms with E-state index in [0.717, 1.165) is 11.1 Å². The number of nitrogens with one attached hydrogen (secondary N) is 3. The fourth-order valence-electron chi connectivity index (χ4n) is 2.37. The highest BCUT2D eigenvalue weighted by Gasteiger charge is 2.17. The van der Waals surface area contributed by atoms with Crippen LogP contribution >= 0.6 is 0 Å². The van der Waals surface area contributed by atoms with Gasteiger partial charge in [-0.3, -0.25) is 14.9 Å². The largest absolute Gasteiger partial charge is 0.325 e. The summed E-state index contributed by atoms with van der Waals surface area (Å²) < 4.78 is 0. The topological polar surface area (TPSA) is 94.4 Å². The van der Waals surface area contributed by atoms with Crippen LogP contribution in [0.1, 0.15) is 22.6 Å². The zero-order valence-electron chi connectivity index (χ0n) is 11.2. The van der Waals surface area contributed by atoms with Crippen LogP contribution in [0.3, 0.4) is 0 Å². The van der Waals surface area contributed by atoms with E-state index >= 15 is 0 Å². The van der Waals surface area contributed by atoms with Crippen LogP contribution in [0.5, 0.6) is 0 Å². The van der Waals surface area contributed by atoms with Crippen molar-refractivity contribution in [1.29, 1.82) is 0 Å². The van der Waals surface area contributed by atoms with E-state index in [9.17, 15) is 9.59 Å². The van der Waals surface area contributed by atoms with Crippen molar-refractivity contribution in [2.24, 2.45) is 0 Å². The Bertz CT molecular complexity index is 819. The van der Waals surface area contributed by atoms with Crippen LogP contribution in [0.4, 0.5) is 0 Å². The third-order valence-corrected chi connectivity index (χ3v) is 3.44. The molecular formula is C15H14N4O2. The number of aromatic nitrogens is 4. The van der Waals surface area contributed by atoms with E-state index in [4.69, 9.17) is 0 Å². The van der Waals surface area contributed by atoms with Crippen LogP contribution < -0.4 is 11.2 Å². The van der Waals surface area contributed by atoms with Crippen molar-refractivity contribution in [3.63, 3.8) is 0 Å². The van der Waals surface area contributed by atoms with Gasteiger partial charge in [-0.25, -0.2) is 4.79 Å².